The number of ether oxygens (including phenoxy) is 1. The lowest BCUT2D eigenvalue weighted by atomic mass is 10.2. The van der Waals surface area contributed by atoms with Crippen LogP contribution in [0.4, 0.5) is 17.1 Å². The summed E-state index contributed by atoms with van der Waals surface area (Å²) in [5.74, 6) is -0.916. The fourth-order valence-electron chi connectivity index (χ4n) is 2.45. The molecule has 3 rings (SSSR count). The predicted octanol–water partition coefficient (Wildman–Crippen LogP) is 3.04. The average molecular weight is 374 g/mol. The highest BCUT2D eigenvalue weighted by atomic mass is 35.5. The van der Waals surface area contributed by atoms with Crippen LogP contribution < -0.4 is 15.0 Å². The zero-order valence-electron chi connectivity index (χ0n) is 13.4. The molecule has 0 saturated heterocycles. The molecular formula is C17H12ClN3O5. The Morgan fingerprint density at radius 1 is 1.08 bits per heavy atom. The highest BCUT2D eigenvalue weighted by Crippen LogP contribution is 2.33. The molecule has 2 aromatic rings. The van der Waals surface area contributed by atoms with Gasteiger partial charge in [-0.3, -0.25) is 19.7 Å². The molecule has 1 heterocycles. The fourth-order valence-corrected chi connectivity index (χ4v) is 2.66. The van der Waals surface area contributed by atoms with Gasteiger partial charge in [-0.25, -0.2) is 4.90 Å². The Morgan fingerprint density at radius 2 is 1.73 bits per heavy atom. The number of methoxy groups -OCH3 is 1. The van der Waals surface area contributed by atoms with Gasteiger partial charge in [-0.15, -0.1) is 0 Å². The predicted molar refractivity (Wildman–Crippen MR) is 95.1 cm³/mol. The number of nitrogens with zero attached hydrogens (tertiary/aromatic N) is 2. The van der Waals surface area contributed by atoms with E-state index in [-0.39, 0.29) is 22.1 Å². The molecule has 132 valence electrons. The molecule has 1 N–H and O–H groups in total. The van der Waals surface area contributed by atoms with Crippen molar-refractivity contribution in [1.82, 2.24) is 0 Å². The van der Waals surface area contributed by atoms with E-state index >= 15 is 0 Å². The van der Waals surface area contributed by atoms with Gasteiger partial charge in [0.1, 0.15) is 16.5 Å². The topological polar surface area (TPSA) is 102 Å². The van der Waals surface area contributed by atoms with Gasteiger partial charge in [0.15, 0.2) is 0 Å². The number of halogens is 1. The monoisotopic (exact) mass is 373 g/mol. The third-order valence-corrected chi connectivity index (χ3v) is 4.06. The number of nitro benzene ring substituents is 1. The third-order valence-electron chi connectivity index (χ3n) is 3.71. The van der Waals surface area contributed by atoms with E-state index in [2.05, 4.69) is 5.32 Å². The molecule has 1 aliphatic heterocycles. The number of nitrogens with one attached hydrogen (secondary N) is 1. The standard InChI is InChI=1S/C17H12ClN3O5/c1-26-13-5-3-2-4-12(13)19-15-14(18)16(22)20(17(15)23)10-6-8-11(9-7-10)21(24)25/h2-9,19H,1H3. The minimum absolute atomic E-state index is 0.0977. The van der Waals surface area contributed by atoms with Gasteiger partial charge in [0, 0.05) is 12.1 Å². The van der Waals surface area contributed by atoms with Crippen LogP contribution in [0.25, 0.3) is 0 Å². The van der Waals surface area contributed by atoms with Crippen molar-refractivity contribution in [2.45, 2.75) is 0 Å². The molecule has 1 aliphatic rings. The maximum atomic E-state index is 12.7. The summed E-state index contributed by atoms with van der Waals surface area (Å²) in [4.78, 5) is 36.1. The van der Waals surface area contributed by atoms with Crippen molar-refractivity contribution in [3.63, 3.8) is 0 Å². The van der Waals surface area contributed by atoms with Crippen molar-refractivity contribution in [3.05, 3.63) is 69.4 Å². The van der Waals surface area contributed by atoms with Crippen LogP contribution in [0.5, 0.6) is 5.75 Å². The molecule has 2 amide bonds. The first-order chi connectivity index (χ1) is 12.4. The van der Waals surface area contributed by atoms with Gasteiger partial charge in [0.25, 0.3) is 17.5 Å². The van der Waals surface area contributed by atoms with E-state index < -0.39 is 16.7 Å². The summed E-state index contributed by atoms with van der Waals surface area (Å²) in [5.41, 5.74) is 0.397. The number of non-ortho nitro benzene ring substituents is 1. The molecule has 2 aromatic carbocycles. The van der Waals surface area contributed by atoms with E-state index in [4.69, 9.17) is 16.3 Å². The summed E-state index contributed by atoms with van der Waals surface area (Å²) in [7, 11) is 1.47. The Hall–Kier alpha value is -3.39. The quantitative estimate of drug-likeness (QED) is 0.491. The van der Waals surface area contributed by atoms with Crippen LogP contribution >= 0.6 is 11.6 Å². The van der Waals surface area contributed by atoms with Crippen LogP contribution in [-0.2, 0) is 9.59 Å². The van der Waals surface area contributed by atoms with Gasteiger partial charge in [0.05, 0.1) is 23.4 Å². The van der Waals surface area contributed by atoms with Gasteiger partial charge in [-0.05, 0) is 24.3 Å². The van der Waals surface area contributed by atoms with Crippen LogP contribution in [0.1, 0.15) is 0 Å². The van der Waals surface area contributed by atoms with Crippen molar-refractivity contribution >= 4 is 40.5 Å². The zero-order valence-corrected chi connectivity index (χ0v) is 14.2. The normalized spacial score (nSPS) is 14.0. The second kappa shape index (κ2) is 6.85. The van der Waals surface area contributed by atoms with Gasteiger partial charge in [-0.2, -0.15) is 0 Å². The Balaban J connectivity index is 1.91. The number of carbonyl (C=O) groups is 2. The van der Waals surface area contributed by atoms with Gasteiger partial charge in [0.2, 0.25) is 0 Å². The van der Waals surface area contributed by atoms with E-state index in [9.17, 15) is 19.7 Å². The lowest BCUT2D eigenvalue weighted by Crippen LogP contribution is -2.32. The first-order valence-electron chi connectivity index (χ1n) is 7.37. The highest BCUT2D eigenvalue weighted by Gasteiger charge is 2.39. The van der Waals surface area contributed by atoms with E-state index in [0.717, 1.165) is 4.90 Å². The lowest BCUT2D eigenvalue weighted by Gasteiger charge is -2.15. The Kier molecular flexibility index (Phi) is 4.59. The van der Waals surface area contributed by atoms with E-state index in [1.165, 1.54) is 31.4 Å². The van der Waals surface area contributed by atoms with E-state index in [1.807, 2.05) is 0 Å². The van der Waals surface area contributed by atoms with Gasteiger partial charge < -0.3 is 10.1 Å². The minimum atomic E-state index is -0.720. The molecule has 0 saturated carbocycles. The zero-order chi connectivity index (χ0) is 18.8. The summed E-state index contributed by atoms with van der Waals surface area (Å²) >= 11 is 6.05. The molecule has 0 aromatic heterocycles. The fraction of sp³-hybridized carbons (Fsp3) is 0.0588. The SMILES string of the molecule is COc1ccccc1NC1=C(Cl)C(=O)N(c2ccc([N+](=O)[O-])cc2)C1=O. The maximum absolute atomic E-state index is 12.7. The summed E-state index contributed by atoms with van der Waals surface area (Å²) in [6.45, 7) is 0. The number of benzene rings is 2. The molecule has 0 fully saturated rings. The van der Waals surface area contributed by atoms with Crippen molar-refractivity contribution in [3.8, 4) is 5.75 Å². The van der Waals surface area contributed by atoms with Gasteiger partial charge in [-0.1, -0.05) is 23.7 Å². The van der Waals surface area contributed by atoms with Crippen LogP contribution in [0.3, 0.4) is 0 Å². The number of hydrogen-bond acceptors (Lipinski definition) is 6. The van der Waals surface area contributed by atoms with Crippen LogP contribution in [0.15, 0.2) is 59.3 Å². The minimum Gasteiger partial charge on any atom is -0.495 e. The lowest BCUT2D eigenvalue weighted by molar-refractivity contribution is -0.384. The van der Waals surface area contributed by atoms with Crippen molar-refractivity contribution < 1.29 is 19.2 Å². The van der Waals surface area contributed by atoms with E-state index in [0.29, 0.717) is 11.4 Å². The molecule has 0 bridgehead atoms. The Bertz CT molecular complexity index is 940. The second-order valence-electron chi connectivity index (χ2n) is 5.23. The first kappa shape index (κ1) is 17.4. The average Bonchev–Trinajstić information content (AvgIpc) is 2.85. The number of nitro groups is 1. The number of amides is 2. The summed E-state index contributed by atoms with van der Waals surface area (Å²) in [5, 5.41) is 13.3. The number of hydrogen-bond donors (Lipinski definition) is 1. The number of imide groups is 1. The molecule has 8 nitrogen and oxygen atoms in total. The van der Waals surface area contributed by atoms with Gasteiger partial charge >= 0.3 is 0 Å². The molecule has 26 heavy (non-hydrogen) atoms. The third kappa shape index (κ3) is 2.98. The second-order valence-corrected chi connectivity index (χ2v) is 5.61. The molecule has 0 spiro atoms. The molecule has 0 unspecified atom stereocenters. The summed E-state index contributed by atoms with van der Waals surface area (Å²) in [6, 6.07) is 11.9. The maximum Gasteiger partial charge on any atom is 0.283 e. The van der Waals surface area contributed by atoms with Crippen molar-refractivity contribution in [1.29, 1.82) is 0 Å². The molecular weight excluding hydrogens is 362 g/mol. The number of anilines is 2. The summed E-state index contributed by atoms with van der Waals surface area (Å²) < 4.78 is 5.20. The number of para-hydroxylation sites is 2. The van der Waals surface area contributed by atoms with Crippen molar-refractivity contribution in [2.24, 2.45) is 0 Å². The number of rotatable bonds is 5. The van der Waals surface area contributed by atoms with Crippen LogP contribution in [0, 0.1) is 10.1 Å². The first-order valence-corrected chi connectivity index (χ1v) is 7.75. The van der Waals surface area contributed by atoms with Crippen molar-refractivity contribution in [2.75, 3.05) is 17.3 Å². The summed E-state index contributed by atoms with van der Waals surface area (Å²) in [6.07, 6.45) is 0. The molecule has 9 heteroatoms. The Morgan fingerprint density at radius 3 is 2.35 bits per heavy atom. The number of carbonyl (C=O) groups excluding carboxylic acids is 2. The molecule has 0 radical (unpaired) electrons. The largest absolute Gasteiger partial charge is 0.495 e. The molecule has 0 aliphatic carbocycles. The van der Waals surface area contributed by atoms with Crippen LogP contribution in [0.2, 0.25) is 0 Å². The Labute approximate surface area is 152 Å². The molecule has 0 atom stereocenters. The van der Waals surface area contributed by atoms with E-state index in [1.54, 1.807) is 24.3 Å². The van der Waals surface area contributed by atoms with Crippen LogP contribution in [-0.4, -0.2) is 23.8 Å². The smallest absolute Gasteiger partial charge is 0.283 e. The highest BCUT2D eigenvalue weighted by molar-refractivity contribution is 6.53.